The van der Waals surface area contributed by atoms with Crippen molar-refractivity contribution in [2.45, 2.75) is 0 Å². The van der Waals surface area contributed by atoms with E-state index >= 15 is 0 Å². The van der Waals surface area contributed by atoms with E-state index < -0.39 is 15.2 Å². The van der Waals surface area contributed by atoms with Gasteiger partial charge in [-0.25, -0.2) is 0 Å². The third-order valence-corrected chi connectivity index (χ3v) is 0. The van der Waals surface area contributed by atoms with Gasteiger partial charge in [0.2, 0.25) is 0 Å². The summed E-state index contributed by atoms with van der Waals surface area (Å²) >= 11 is -1.79. The first-order valence-corrected chi connectivity index (χ1v) is 8.84. The molecule has 0 aromatic carbocycles. The molecule has 9 heteroatoms. The van der Waals surface area contributed by atoms with Crippen molar-refractivity contribution in [3.8, 4) is 0 Å². The van der Waals surface area contributed by atoms with Crippen LogP contribution in [0.25, 0.3) is 0 Å². The Morgan fingerprint density at radius 2 is 0.800 bits per heavy atom. The summed E-state index contributed by atoms with van der Waals surface area (Å²) in [6.45, 7) is 0. The van der Waals surface area contributed by atoms with Crippen molar-refractivity contribution in [2.75, 3.05) is 7.11 Å². The molecule has 0 saturated carbocycles. The minimum absolute atomic E-state index is 0. The van der Waals surface area contributed by atoms with Crippen molar-refractivity contribution in [2.24, 2.45) is 0 Å². The predicted molar refractivity (Wildman–Crippen MR) is 40.2 cm³/mol. The standard InChI is InChI=1S/CH4O.Au.3ClH.4H2O/c1-2;;;;;;;;/h2H,1H3;;3*1H;4*1H2/q;+3;;;;;;;/p-3. The Balaban J connectivity index is -0.00000000625. The molecule has 78 valence electrons. The zero-order valence-electron chi connectivity index (χ0n) is 4.88. The fraction of sp³-hybridized carbons (Fsp3) is 1.00. The Hall–Kier alpha value is 1.41. The van der Waals surface area contributed by atoms with Crippen molar-refractivity contribution < 1.29 is 42.2 Å². The molecule has 0 aliphatic heterocycles. The summed E-state index contributed by atoms with van der Waals surface area (Å²) in [6.07, 6.45) is 0. The number of rotatable bonds is 0. The van der Waals surface area contributed by atoms with Gasteiger partial charge in [-0.3, -0.25) is 0 Å². The number of halogens is 3. The molecule has 0 aliphatic rings. The third kappa shape index (κ3) is 335. The summed E-state index contributed by atoms with van der Waals surface area (Å²) in [6, 6.07) is 0. The van der Waals surface area contributed by atoms with Gasteiger partial charge in [0.25, 0.3) is 0 Å². The second-order valence-electron chi connectivity index (χ2n) is 0.129. The van der Waals surface area contributed by atoms with Crippen LogP contribution in [0.5, 0.6) is 0 Å². The summed E-state index contributed by atoms with van der Waals surface area (Å²) in [7, 11) is 15.9. The second kappa shape index (κ2) is 47.4. The van der Waals surface area contributed by atoms with Crippen LogP contribution in [0.3, 0.4) is 0 Å². The molecular formula is CH12AuCl3O5. The molecule has 5 nitrogen and oxygen atoms in total. The topological polar surface area (TPSA) is 146 Å². The fourth-order valence-electron chi connectivity index (χ4n) is 0. The van der Waals surface area contributed by atoms with Crippen LogP contribution in [-0.2, 0) is 15.2 Å². The number of hydrogen-bond donors (Lipinski definition) is 1. The Kier molecular flexibility index (Phi) is 200. The SMILES string of the molecule is CO.O.O.O.O.[Cl][Au]([Cl])[Cl]. The van der Waals surface area contributed by atoms with Gasteiger partial charge in [-0.05, 0) is 0 Å². The van der Waals surface area contributed by atoms with Crippen molar-refractivity contribution in [3.05, 3.63) is 0 Å². The van der Waals surface area contributed by atoms with Gasteiger partial charge < -0.3 is 27.0 Å². The van der Waals surface area contributed by atoms with Crippen LogP contribution < -0.4 is 0 Å². The maximum absolute atomic E-state index is 7.00. The van der Waals surface area contributed by atoms with Gasteiger partial charge in [0.15, 0.2) is 0 Å². The number of aliphatic hydroxyl groups excluding tert-OH is 1. The number of aliphatic hydroxyl groups is 1. The predicted octanol–water partition coefficient (Wildman–Crippen LogP) is -1.62. The van der Waals surface area contributed by atoms with Crippen LogP contribution in [0.15, 0.2) is 0 Å². The van der Waals surface area contributed by atoms with Gasteiger partial charge in [-0.15, -0.1) is 0 Å². The molecule has 0 unspecified atom stereocenters. The van der Waals surface area contributed by atoms with E-state index in [1.807, 2.05) is 0 Å². The molecule has 0 rings (SSSR count). The first-order chi connectivity index (χ1) is 2.73. The molecule has 0 aliphatic carbocycles. The van der Waals surface area contributed by atoms with Crippen molar-refractivity contribution in [1.29, 1.82) is 0 Å². The Morgan fingerprint density at radius 3 is 0.800 bits per heavy atom. The first-order valence-electron chi connectivity index (χ1n) is 0.789. The van der Waals surface area contributed by atoms with E-state index in [0.717, 1.165) is 7.11 Å². The van der Waals surface area contributed by atoms with Crippen LogP contribution >= 0.6 is 27.6 Å². The van der Waals surface area contributed by atoms with E-state index in [1.165, 1.54) is 0 Å². The zero-order chi connectivity index (χ0) is 5.58. The summed E-state index contributed by atoms with van der Waals surface area (Å²) in [5.74, 6) is 0. The van der Waals surface area contributed by atoms with E-state index in [4.69, 9.17) is 32.7 Å². The quantitative estimate of drug-likeness (QED) is 0.472. The van der Waals surface area contributed by atoms with Crippen molar-refractivity contribution >= 4 is 27.6 Å². The minimum atomic E-state index is -1.79. The van der Waals surface area contributed by atoms with Crippen LogP contribution in [0.2, 0.25) is 0 Å². The Labute approximate surface area is 76.7 Å². The Morgan fingerprint density at radius 1 is 0.800 bits per heavy atom. The summed E-state index contributed by atoms with van der Waals surface area (Å²) < 4.78 is 0. The van der Waals surface area contributed by atoms with E-state index in [1.54, 1.807) is 0 Å². The molecule has 0 fully saturated rings. The monoisotopic (exact) mass is 406 g/mol. The van der Waals surface area contributed by atoms with Crippen LogP contribution in [0.4, 0.5) is 0 Å². The molecule has 9 N–H and O–H groups in total. The molecule has 10 heavy (non-hydrogen) atoms. The van der Waals surface area contributed by atoms with E-state index in [-0.39, 0.29) is 21.9 Å². The maximum atomic E-state index is 7.00. The molecule has 0 aromatic heterocycles. The average molecular weight is 407 g/mol. The molecule has 0 atom stereocenters. The molecule has 0 saturated heterocycles. The fourth-order valence-corrected chi connectivity index (χ4v) is 0. The zero-order valence-corrected chi connectivity index (χ0v) is 9.32. The van der Waals surface area contributed by atoms with Crippen LogP contribution in [0, 0.1) is 0 Å². The van der Waals surface area contributed by atoms with Crippen molar-refractivity contribution in [3.63, 3.8) is 0 Å². The van der Waals surface area contributed by atoms with Gasteiger partial charge in [0.05, 0.1) is 0 Å². The Bertz CT molecular complexity index is 21.6. The molecule has 0 radical (unpaired) electrons. The molecule has 0 bridgehead atoms. The van der Waals surface area contributed by atoms with Gasteiger partial charge in [-0.1, -0.05) is 0 Å². The van der Waals surface area contributed by atoms with Crippen molar-refractivity contribution in [1.82, 2.24) is 0 Å². The summed E-state index contributed by atoms with van der Waals surface area (Å²) in [5, 5.41) is 7.00. The van der Waals surface area contributed by atoms with Gasteiger partial charge in [0, 0.05) is 7.11 Å². The second-order valence-corrected chi connectivity index (χ2v) is 9.52. The van der Waals surface area contributed by atoms with Crippen LogP contribution in [0.1, 0.15) is 0 Å². The van der Waals surface area contributed by atoms with E-state index in [2.05, 4.69) is 0 Å². The molecule has 0 heterocycles. The van der Waals surface area contributed by atoms with Gasteiger partial charge >= 0.3 is 42.8 Å². The molecular weight excluding hydrogens is 395 g/mol. The molecule has 0 aromatic rings. The molecule has 0 amide bonds. The summed E-state index contributed by atoms with van der Waals surface area (Å²) in [5.41, 5.74) is 0. The number of hydrogen-bond acceptors (Lipinski definition) is 1. The third-order valence-electron chi connectivity index (χ3n) is 0. The van der Waals surface area contributed by atoms with Gasteiger partial charge in [0.1, 0.15) is 0 Å². The average Bonchev–Trinajstić information content (AvgIpc) is 1.41. The van der Waals surface area contributed by atoms with Crippen LogP contribution in [-0.4, -0.2) is 34.1 Å². The summed E-state index contributed by atoms with van der Waals surface area (Å²) in [4.78, 5) is 0. The van der Waals surface area contributed by atoms with E-state index in [0.29, 0.717) is 0 Å². The van der Waals surface area contributed by atoms with Gasteiger partial charge in [-0.2, -0.15) is 0 Å². The normalized spacial score (nSPS) is 5.10. The van der Waals surface area contributed by atoms with E-state index in [9.17, 15) is 0 Å². The first kappa shape index (κ1) is 42.2. The molecule has 0 spiro atoms.